The summed E-state index contributed by atoms with van der Waals surface area (Å²) in [7, 11) is 0. The first-order chi connectivity index (χ1) is 10.1. The number of hydrogen-bond acceptors (Lipinski definition) is 3. The Labute approximate surface area is 126 Å². The van der Waals surface area contributed by atoms with Crippen molar-refractivity contribution < 1.29 is 4.79 Å². The van der Waals surface area contributed by atoms with Gasteiger partial charge in [-0.05, 0) is 30.2 Å². The van der Waals surface area contributed by atoms with Crippen molar-refractivity contribution in [2.75, 3.05) is 0 Å². The summed E-state index contributed by atoms with van der Waals surface area (Å²) in [6, 6.07) is 11.3. The zero-order valence-corrected chi connectivity index (χ0v) is 12.1. The molecule has 0 saturated carbocycles. The summed E-state index contributed by atoms with van der Waals surface area (Å²) in [5, 5.41) is 7.26. The quantitative estimate of drug-likeness (QED) is 0.809. The summed E-state index contributed by atoms with van der Waals surface area (Å²) < 4.78 is 1.49. The van der Waals surface area contributed by atoms with Crippen LogP contribution >= 0.6 is 11.6 Å². The lowest BCUT2D eigenvalue weighted by molar-refractivity contribution is 0.0946. The van der Waals surface area contributed by atoms with Crippen LogP contribution < -0.4 is 5.32 Å². The fourth-order valence-corrected chi connectivity index (χ4v) is 2.19. The number of carbonyl (C=O) groups is 1. The molecule has 1 amide bonds. The minimum absolute atomic E-state index is 0.236. The largest absolute Gasteiger partial charge is 0.347 e. The highest BCUT2D eigenvalue weighted by Crippen LogP contribution is 2.09. The maximum absolute atomic E-state index is 12.1. The Hall–Kier alpha value is -2.40. The number of nitrogens with zero attached hydrogens (tertiary/aromatic N) is 3. The van der Waals surface area contributed by atoms with Crippen LogP contribution in [0.5, 0.6) is 0 Å². The maximum atomic E-state index is 12.1. The Morgan fingerprint density at radius 3 is 2.90 bits per heavy atom. The van der Waals surface area contributed by atoms with Crippen molar-refractivity contribution in [2.45, 2.75) is 13.5 Å². The smallest absolute Gasteiger partial charge is 0.271 e. The van der Waals surface area contributed by atoms with Crippen LogP contribution in [0.1, 0.15) is 21.6 Å². The van der Waals surface area contributed by atoms with Crippen LogP contribution in [0.25, 0.3) is 5.65 Å². The predicted molar refractivity (Wildman–Crippen MR) is 80.3 cm³/mol. The highest BCUT2D eigenvalue weighted by molar-refractivity contribution is 6.29. The van der Waals surface area contributed by atoms with E-state index in [9.17, 15) is 4.79 Å². The molecular formula is C15H13ClN4O. The molecule has 2 aromatic heterocycles. The second-order valence-corrected chi connectivity index (χ2v) is 5.08. The highest BCUT2D eigenvalue weighted by atomic mass is 35.5. The molecule has 2 heterocycles. The van der Waals surface area contributed by atoms with Crippen molar-refractivity contribution in [3.05, 3.63) is 64.6 Å². The van der Waals surface area contributed by atoms with Crippen molar-refractivity contribution in [2.24, 2.45) is 0 Å². The van der Waals surface area contributed by atoms with Crippen LogP contribution in [-0.2, 0) is 6.54 Å². The van der Waals surface area contributed by atoms with Crippen molar-refractivity contribution in [3.63, 3.8) is 0 Å². The number of benzene rings is 1. The van der Waals surface area contributed by atoms with Crippen LogP contribution in [-0.4, -0.2) is 20.5 Å². The molecular weight excluding hydrogens is 288 g/mol. The number of carbonyl (C=O) groups excluding carboxylic acids is 1. The van der Waals surface area contributed by atoms with E-state index in [2.05, 4.69) is 15.4 Å². The molecule has 0 radical (unpaired) electrons. The maximum Gasteiger partial charge on any atom is 0.271 e. The molecule has 5 nitrogen and oxygen atoms in total. The monoisotopic (exact) mass is 300 g/mol. The molecule has 0 aliphatic carbocycles. The highest BCUT2D eigenvalue weighted by Gasteiger charge is 2.11. The first-order valence-corrected chi connectivity index (χ1v) is 6.86. The first-order valence-electron chi connectivity index (χ1n) is 6.48. The number of amides is 1. The minimum atomic E-state index is -0.236. The van der Waals surface area contributed by atoms with Gasteiger partial charge in [-0.2, -0.15) is 5.10 Å². The van der Waals surface area contributed by atoms with Gasteiger partial charge in [-0.1, -0.05) is 35.9 Å². The molecule has 0 fully saturated rings. The Morgan fingerprint density at radius 1 is 1.29 bits per heavy atom. The van der Waals surface area contributed by atoms with Crippen molar-refractivity contribution in [1.29, 1.82) is 0 Å². The Morgan fingerprint density at radius 2 is 2.10 bits per heavy atom. The van der Waals surface area contributed by atoms with Crippen molar-refractivity contribution in [3.8, 4) is 0 Å². The molecule has 6 heteroatoms. The van der Waals surface area contributed by atoms with Crippen LogP contribution in [0.15, 0.2) is 42.6 Å². The lowest BCUT2D eigenvalue weighted by Crippen LogP contribution is -2.23. The van der Waals surface area contributed by atoms with Gasteiger partial charge in [-0.3, -0.25) is 4.79 Å². The zero-order chi connectivity index (χ0) is 14.8. The average molecular weight is 301 g/mol. The van der Waals surface area contributed by atoms with Crippen LogP contribution in [0.2, 0.25) is 5.15 Å². The summed E-state index contributed by atoms with van der Waals surface area (Å²) in [5.74, 6) is -0.236. The van der Waals surface area contributed by atoms with Gasteiger partial charge in [0.2, 0.25) is 0 Å². The Kier molecular flexibility index (Phi) is 3.58. The molecule has 0 aliphatic rings. The average Bonchev–Trinajstić information content (AvgIpc) is 2.89. The number of aryl methyl sites for hydroxylation is 1. The van der Waals surface area contributed by atoms with E-state index in [1.807, 2.05) is 31.2 Å². The fourth-order valence-electron chi connectivity index (χ4n) is 2.04. The molecule has 1 aromatic carbocycles. The van der Waals surface area contributed by atoms with E-state index in [0.29, 0.717) is 23.0 Å². The molecule has 3 rings (SSSR count). The first kappa shape index (κ1) is 13.6. The van der Waals surface area contributed by atoms with E-state index in [0.717, 1.165) is 11.1 Å². The van der Waals surface area contributed by atoms with Crippen molar-refractivity contribution in [1.82, 2.24) is 19.9 Å². The number of imidazole rings is 1. The van der Waals surface area contributed by atoms with E-state index in [1.165, 1.54) is 4.52 Å². The molecule has 21 heavy (non-hydrogen) atoms. The van der Waals surface area contributed by atoms with E-state index in [-0.39, 0.29) is 5.91 Å². The van der Waals surface area contributed by atoms with Gasteiger partial charge in [0.05, 0.1) is 6.20 Å². The van der Waals surface area contributed by atoms with Gasteiger partial charge >= 0.3 is 0 Å². The zero-order valence-electron chi connectivity index (χ0n) is 11.4. The van der Waals surface area contributed by atoms with Gasteiger partial charge in [0.1, 0.15) is 10.8 Å². The number of halogens is 1. The van der Waals surface area contributed by atoms with Crippen LogP contribution in [0, 0.1) is 6.92 Å². The lowest BCUT2D eigenvalue weighted by atomic mass is 10.1. The molecule has 1 N–H and O–H groups in total. The third-order valence-electron chi connectivity index (χ3n) is 3.22. The standard InChI is InChI=1S/C15H13ClN4O/c1-10-4-2-3-5-11(10)8-17-15(21)12-9-20-14(18-12)7-6-13(16)19-20/h2-7,9H,8H2,1H3,(H,17,21). The molecule has 0 unspecified atom stereocenters. The fraction of sp³-hybridized carbons (Fsp3) is 0.133. The van der Waals surface area contributed by atoms with E-state index < -0.39 is 0 Å². The van der Waals surface area contributed by atoms with E-state index in [1.54, 1.807) is 18.3 Å². The van der Waals surface area contributed by atoms with Crippen LogP contribution in [0.3, 0.4) is 0 Å². The van der Waals surface area contributed by atoms with Gasteiger partial charge in [0.15, 0.2) is 5.65 Å². The summed E-state index contributed by atoms with van der Waals surface area (Å²) in [4.78, 5) is 16.4. The number of aromatic nitrogens is 3. The SMILES string of the molecule is Cc1ccccc1CNC(=O)c1cn2nc(Cl)ccc2n1. The summed E-state index contributed by atoms with van der Waals surface area (Å²) in [6.45, 7) is 2.48. The molecule has 106 valence electrons. The molecule has 0 atom stereocenters. The molecule has 0 saturated heterocycles. The van der Waals surface area contributed by atoms with Crippen LogP contribution in [0.4, 0.5) is 0 Å². The van der Waals surface area contributed by atoms with E-state index in [4.69, 9.17) is 11.6 Å². The third-order valence-corrected chi connectivity index (χ3v) is 3.42. The summed E-state index contributed by atoms with van der Waals surface area (Å²) in [6.07, 6.45) is 1.56. The van der Waals surface area contributed by atoms with Gasteiger partial charge < -0.3 is 5.32 Å². The topological polar surface area (TPSA) is 59.3 Å². The third kappa shape index (κ3) is 2.87. The number of rotatable bonds is 3. The number of nitrogens with one attached hydrogen (secondary N) is 1. The second kappa shape index (κ2) is 5.54. The minimum Gasteiger partial charge on any atom is -0.347 e. The summed E-state index contributed by atoms with van der Waals surface area (Å²) >= 11 is 5.81. The Balaban J connectivity index is 1.76. The molecule has 0 aliphatic heterocycles. The van der Waals surface area contributed by atoms with Gasteiger partial charge in [0, 0.05) is 6.54 Å². The van der Waals surface area contributed by atoms with Gasteiger partial charge in [-0.25, -0.2) is 9.50 Å². The van der Waals surface area contributed by atoms with Gasteiger partial charge in [0.25, 0.3) is 5.91 Å². The number of hydrogen-bond donors (Lipinski definition) is 1. The normalized spacial score (nSPS) is 10.8. The molecule has 0 spiro atoms. The van der Waals surface area contributed by atoms with E-state index >= 15 is 0 Å². The van der Waals surface area contributed by atoms with Crippen molar-refractivity contribution >= 4 is 23.2 Å². The molecule has 3 aromatic rings. The second-order valence-electron chi connectivity index (χ2n) is 4.69. The number of fused-ring (bicyclic) bond motifs is 1. The summed E-state index contributed by atoms with van der Waals surface area (Å²) in [5.41, 5.74) is 3.12. The predicted octanol–water partition coefficient (Wildman–Crippen LogP) is 2.62. The van der Waals surface area contributed by atoms with Gasteiger partial charge in [-0.15, -0.1) is 0 Å². The Bertz CT molecular complexity index is 812. The lowest BCUT2D eigenvalue weighted by Gasteiger charge is -2.06. The molecule has 0 bridgehead atoms.